The fourth-order valence-corrected chi connectivity index (χ4v) is 4.76. The van der Waals surface area contributed by atoms with E-state index < -0.39 is 17.1 Å². The second-order valence-corrected chi connectivity index (χ2v) is 9.96. The van der Waals surface area contributed by atoms with Crippen molar-refractivity contribution in [3.8, 4) is 0 Å². The zero-order chi connectivity index (χ0) is 26.1. The van der Waals surface area contributed by atoms with Crippen molar-refractivity contribution in [2.24, 2.45) is 7.05 Å². The summed E-state index contributed by atoms with van der Waals surface area (Å²) in [5.74, 6) is -1.80. The molecule has 1 aromatic heterocycles. The number of carbonyl (C=O) groups excluding carboxylic acids is 3. The Labute approximate surface area is 206 Å². The molecule has 2 heterocycles. The molecule has 0 bridgehead atoms. The molecule has 2 aromatic rings. The van der Waals surface area contributed by atoms with E-state index >= 15 is 4.39 Å². The molecular formula is C26H36FN5O3. The average Bonchev–Trinajstić information content (AvgIpc) is 3.15. The van der Waals surface area contributed by atoms with Gasteiger partial charge in [-0.2, -0.15) is 5.10 Å². The molecule has 0 unspecified atom stereocenters. The molecule has 8 nitrogen and oxygen atoms in total. The number of likely N-dealkylation sites (N-methyl/N-ethyl adjacent to an activating group) is 1. The van der Waals surface area contributed by atoms with E-state index in [-0.39, 0.29) is 42.8 Å². The molecular weight excluding hydrogens is 449 g/mol. The molecule has 1 aliphatic rings. The van der Waals surface area contributed by atoms with Crippen molar-refractivity contribution in [1.29, 1.82) is 0 Å². The maximum Gasteiger partial charge on any atom is 0.241 e. The molecule has 3 amide bonds. The first-order valence-electron chi connectivity index (χ1n) is 11.9. The second kappa shape index (κ2) is 10.3. The number of rotatable bonds is 9. The highest BCUT2D eigenvalue weighted by molar-refractivity contribution is 6.10. The van der Waals surface area contributed by atoms with E-state index in [0.29, 0.717) is 13.1 Å². The molecule has 0 radical (unpaired) electrons. The van der Waals surface area contributed by atoms with E-state index in [1.165, 1.54) is 23.1 Å². The number of hydrogen-bond acceptors (Lipinski definition) is 5. The number of likely N-dealkylation sites (tertiary alicyclic amines) is 1. The Morgan fingerprint density at radius 3 is 2.40 bits per heavy atom. The molecule has 1 fully saturated rings. The van der Waals surface area contributed by atoms with Crippen LogP contribution in [0.25, 0.3) is 0 Å². The van der Waals surface area contributed by atoms with Crippen molar-refractivity contribution >= 4 is 17.7 Å². The van der Waals surface area contributed by atoms with Gasteiger partial charge in [-0.3, -0.25) is 24.0 Å². The maximum atomic E-state index is 15.1. The predicted octanol–water partition coefficient (Wildman–Crippen LogP) is 2.56. The Hall–Kier alpha value is -3.07. The number of nitrogens with zero attached hydrogens (tertiary/aromatic N) is 5. The Balaban J connectivity index is 2.00. The number of imide groups is 1. The van der Waals surface area contributed by atoms with Crippen LogP contribution in [0, 0.1) is 19.7 Å². The monoisotopic (exact) mass is 485 g/mol. The van der Waals surface area contributed by atoms with Crippen molar-refractivity contribution in [3.05, 3.63) is 52.6 Å². The first-order valence-corrected chi connectivity index (χ1v) is 11.9. The minimum absolute atomic E-state index is 0.0940. The van der Waals surface area contributed by atoms with Crippen molar-refractivity contribution in [2.45, 2.75) is 58.5 Å². The lowest BCUT2D eigenvalue weighted by Crippen LogP contribution is -2.46. The number of carbonyl (C=O) groups is 3. The molecule has 190 valence electrons. The summed E-state index contributed by atoms with van der Waals surface area (Å²) >= 11 is 0. The smallest absolute Gasteiger partial charge is 0.241 e. The summed E-state index contributed by atoms with van der Waals surface area (Å²) < 4.78 is 16.8. The first kappa shape index (κ1) is 26.5. The minimum atomic E-state index is -1.57. The predicted molar refractivity (Wildman–Crippen MR) is 131 cm³/mol. The number of halogens is 1. The van der Waals surface area contributed by atoms with Gasteiger partial charge >= 0.3 is 0 Å². The van der Waals surface area contributed by atoms with Gasteiger partial charge in [0.25, 0.3) is 0 Å². The van der Waals surface area contributed by atoms with Crippen LogP contribution in [-0.2, 0) is 33.4 Å². The lowest BCUT2D eigenvalue weighted by molar-refractivity contribution is -0.143. The van der Waals surface area contributed by atoms with E-state index in [1.54, 1.807) is 15.6 Å². The van der Waals surface area contributed by atoms with Gasteiger partial charge in [-0.25, -0.2) is 4.39 Å². The molecule has 0 saturated carbocycles. The summed E-state index contributed by atoms with van der Waals surface area (Å²) in [5.41, 5.74) is 1.24. The third kappa shape index (κ3) is 5.15. The van der Waals surface area contributed by atoms with Crippen LogP contribution < -0.4 is 0 Å². The van der Waals surface area contributed by atoms with Crippen LogP contribution in [0.15, 0.2) is 24.3 Å². The van der Waals surface area contributed by atoms with E-state index in [0.717, 1.165) is 17.0 Å². The molecule has 35 heavy (non-hydrogen) atoms. The van der Waals surface area contributed by atoms with Crippen molar-refractivity contribution in [1.82, 2.24) is 24.5 Å². The van der Waals surface area contributed by atoms with Crippen molar-refractivity contribution in [3.63, 3.8) is 0 Å². The summed E-state index contributed by atoms with van der Waals surface area (Å²) in [5, 5.41) is 4.44. The third-order valence-corrected chi connectivity index (χ3v) is 6.95. The Kier molecular flexibility index (Phi) is 7.79. The highest BCUT2D eigenvalue weighted by Crippen LogP contribution is 2.41. The van der Waals surface area contributed by atoms with Gasteiger partial charge in [-0.1, -0.05) is 18.2 Å². The van der Waals surface area contributed by atoms with Gasteiger partial charge in [0.1, 0.15) is 5.82 Å². The van der Waals surface area contributed by atoms with Gasteiger partial charge in [0.15, 0.2) is 0 Å². The topological polar surface area (TPSA) is 78.8 Å². The van der Waals surface area contributed by atoms with Crippen LogP contribution in [0.2, 0.25) is 0 Å². The van der Waals surface area contributed by atoms with E-state index in [9.17, 15) is 14.4 Å². The van der Waals surface area contributed by atoms with Gasteiger partial charge in [-0.15, -0.1) is 0 Å². The average molecular weight is 486 g/mol. The molecule has 0 N–H and O–H groups in total. The SMILES string of the molecule is Cc1nn(C)c(C)c1CN(C(=O)C[C@]1(c2ccccc2F)CC(=O)N(CCN(C)C)C1=O)C(C)C. The standard InChI is InChI=1S/C26H36FN5O3/c1-17(2)32(16-20-18(3)28-30(7)19(20)4)24(34)15-26(21-10-8-9-11-22(21)27)14-23(33)31(25(26)35)13-12-29(5)6/h8-11,17H,12-16H2,1-7H3/t26-/m0/s1. The van der Waals surface area contributed by atoms with Gasteiger partial charge in [0, 0.05) is 62.4 Å². The molecule has 1 saturated heterocycles. The number of amides is 3. The second-order valence-electron chi connectivity index (χ2n) is 9.96. The van der Waals surface area contributed by atoms with Gasteiger partial charge in [0.05, 0.1) is 11.1 Å². The maximum absolute atomic E-state index is 15.1. The molecule has 1 atom stereocenters. The highest BCUT2D eigenvalue weighted by Gasteiger charge is 2.55. The summed E-state index contributed by atoms with van der Waals surface area (Å²) in [7, 11) is 5.55. The highest BCUT2D eigenvalue weighted by atomic mass is 19.1. The summed E-state index contributed by atoms with van der Waals surface area (Å²) in [6, 6.07) is 5.78. The Bertz CT molecular complexity index is 1130. The van der Waals surface area contributed by atoms with Crippen LogP contribution >= 0.6 is 0 Å². The van der Waals surface area contributed by atoms with Gasteiger partial charge < -0.3 is 9.80 Å². The molecule has 1 aromatic carbocycles. The summed E-state index contributed by atoms with van der Waals surface area (Å²) in [4.78, 5) is 45.2. The molecule has 9 heteroatoms. The van der Waals surface area contributed by atoms with E-state index in [1.807, 2.05) is 53.7 Å². The largest absolute Gasteiger partial charge is 0.336 e. The lowest BCUT2D eigenvalue weighted by atomic mass is 9.75. The summed E-state index contributed by atoms with van der Waals surface area (Å²) in [6.45, 7) is 8.64. The third-order valence-electron chi connectivity index (χ3n) is 6.95. The minimum Gasteiger partial charge on any atom is -0.336 e. The van der Waals surface area contributed by atoms with E-state index in [2.05, 4.69) is 5.10 Å². The molecule has 1 aliphatic heterocycles. The van der Waals surface area contributed by atoms with Crippen LogP contribution in [-0.4, -0.2) is 75.4 Å². The van der Waals surface area contributed by atoms with Gasteiger partial charge in [-0.05, 0) is 47.9 Å². The molecule has 3 rings (SSSR count). The van der Waals surface area contributed by atoms with Gasteiger partial charge in [0.2, 0.25) is 17.7 Å². The molecule has 0 spiro atoms. The number of benzene rings is 1. The molecule has 0 aliphatic carbocycles. The summed E-state index contributed by atoms with van der Waals surface area (Å²) in [6.07, 6.45) is -0.518. The van der Waals surface area contributed by atoms with Crippen LogP contribution in [0.3, 0.4) is 0 Å². The fourth-order valence-electron chi connectivity index (χ4n) is 4.76. The fraction of sp³-hybridized carbons (Fsp3) is 0.538. The van der Waals surface area contributed by atoms with Crippen molar-refractivity contribution in [2.75, 3.05) is 27.2 Å². The Morgan fingerprint density at radius 1 is 1.20 bits per heavy atom. The zero-order valence-corrected chi connectivity index (χ0v) is 21.8. The number of aromatic nitrogens is 2. The zero-order valence-electron chi connectivity index (χ0n) is 21.8. The lowest BCUT2D eigenvalue weighted by Gasteiger charge is -2.33. The normalized spacial score (nSPS) is 18.3. The van der Waals surface area contributed by atoms with Crippen molar-refractivity contribution < 1.29 is 18.8 Å². The first-order chi connectivity index (χ1) is 16.4. The van der Waals surface area contributed by atoms with Crippen LogP contribution in [0.4, 0.5) is 4.39 Å². The number of aryl methyl sites for hydroxylation is 2. The Morgan fingerprint density at radius 2 is 1.86 bits per heavy atom. The number of hydrogen-bond donors (Lipinski definition) is 0. The quantitative estimate of drug-likeness (QED) is 0.510. The van der Waals surface area contributed by atoms with E-state index in [4.69, 9.17) is 0 Å². The van der Waals surface area contributed by atoms with Crippen LogP contribution in [0.5, 0.6) is 0 Å². The van der Waals surface area contributed by atoms with Crippen LogP contribution in [0.1, 0.15) is 49.2 Å².